The molecule has 4 nitrogen and oxygen atoms in total. The molecule has 2 heterocycles. The van der Waals surface area contributed by atoms with Crippen LogP contribution >= 0.6 is 0 Å². The molecule has 2 aliphatic heterocycles. The molecule has 5 heteroatoms. The summed E-state index contributed by atoms with van der Waals surface area (Å²) >= 11 is 0. The third kappa shape index (κ3) is 4.01. The summed E-state index contributed by atoms with van der Waals surface area (Å²) in [4.78, 5) is 18.6. The van der Waals surface area contributed by atoms with Crippen LogP contribution in [0.1, 0.15) is 30.9 Å². The Balaban J connectivity index is 1.83. The van der Waals surface area contributed by atoms with E-state index >= 15 is 0 Å². The lowest BCUT2D eigenvalue weighted by atomic mass is 9.65. The molecule has 0 aromatic heterocycles. The zero-order chi connectivity index (χ0) is 21.0. The van der Waals surface area contributed by atoms with Crippen LogP contribution in [0.25, 0.3) is 0 Å². The van der Waals surface area contributed by atoms with Crippen molar-refractivity contribution in [3.8, 4) is 0 Å². The Morgan fingerprint density at radius 1 is 0.967 bits per heavy atom. The van der Waals surface area contributed by atoms with Gasteiger partial charge in [-0.15, -0.1) is 0 Å². The summed E-state index contributed by atoms with van der Waals surface area (Å²) in [5.74, 6) is -0.134. The van der Waals surface area contributed by atoms with Crippen molar-refractivity contribution in [3.63, 3.8) is 0 Å². The van der Waals surface area contributed by atoms with Crippen molar-refractivity contribution in [1.29, 1.82) is 0 Å². The first-order valence-corrected chi connectivity index (χ1v) is 11.0. The molecule has 2 unspecified atom stereocenters. The molecule has 2 aromatic rings. The second-order valence-corrected chi connectivity index (χ2v) is 8.49. The molecule has 0 radical (unpaired) electrons. The van der Waals surface area contributed by atoms with E-state index in [0.717, 1.165) is 69.9 Å². The van der Waals surface area contributed by atoms with E-state index in [0.29, 0.717) is 0 Å². The Labute approximate surface area is 178 Å². The minimum atomic E-state index is -0.850. The molecule has 1 amide bonds. The predicted molar refractivity (Wildman–Crippen MR) is 116 cm³/mol. The molecular formula is C25H31FN2O2. The lowest BCUT2D eigenvalue weighted by Crippen LogP contribution is -2.54. The number of hydrogen-bond donors (Lipinski definition) is 0. The zero-order valence-corrected chi connectivity index (χ0v) is 17.7. The van der Waals surface area contributed by atoms with E-state index in [-0.39, 0.29) is 17.6 Å². The summed E-state index contributed by atoms with van der Waals surface area (Å²) < 4.78 is 19.4. The fraction of sp³-hybridized carbons (Fsp3) is 0.480. The van der Waals surface area contributed by atoms with Crippen LogP contribution in [0, 0.1) is 11.7 Å². The van der Waals surface area contributed by atoms with Gasteiger partial charge in [-0.3, -0.25) is 9.69 Å². The third-order valence-electron chi connectivity index (χ3n) is 6.63. The first kappa shape index (κ1) is 21.0. The minimum absolute atomic E-state index is 0.0107. The molecule has 160 valence electrons. The first-order valence-electron chi connectivity index (χ1n) is 11.0. The van der Waals surface area contributed by atoms with Crippen LogP contribution in [-0.4, -0.2) is 61.6 Å². The van der Waals surface area contributed by atoms with Gasteiger partial charge in [0.1, 0.15) is 11.2 Å². The van der Waals surface area contributed by atoms with Gasteiger partial charge in [-0.25, -0.2) is 4.39 Å². The van der Waals surface area contributed by atoms with Crippen LogP contribution in [-0.2, 0) is 14.9 Å². The predicted octanol–water partition coefficient (Wildman–Crippen LogP) is 3.70. The van der Waals surface area contributed by atoms with Gasteiger partial charge < -0.3 is 9.64 Å². The van der Waals surface area contributed by atoms with Crippen molar-refractivity contribution < 1.29 is 13.9 Å². The number of likely N-dealkylation sites (tertiary alicyclic amines) is 1. The van der Waals surface area contributed by atoms with E-state index in [4.69, 9.17) is 4.74 Å². The molecule has 30 heavy (non-hydrogen) atoms. The van der Waals surface area contributed by atoms with E-state index in [9.17, 15) is 9.18 Å². The Morgan fingerprint density at radius 2 is 1.57 bits per heavy atom. The van der Waals surface area contributed by atoms with Crippen molar-refractivity contribution >= 4 is 5.91 Å². The van der Waals surface area contributed by atoms with Crippen LogP contribution in [0.3, 0.4) is 0 Å². The number of hydrogen-bond acceptors (Lipinski definition) is 3. The smallest absolute Gasteiger partial charge is 0.238 e. The molecule has 0 spiro atoms. The number of carbonyl (C=O) groups is 1. The van der Waals surface area contributed by atoms with Crippen LogP contribution < -0.4 is 0 Å². The highest BCUT2D eigenvalue weighted by molar-refractivity contribution is 5.92. The fourth-order valence-corrected chi connectivity index (χ4v) is 5.08. The molecule has 4 rings (SSSR count). The molecule has 2 saturated heterocycles. The average molecular weight is 411 g/mol. The molecular weight excluding hydrogens is 379 g/mol. The lowest BCUT2D eigenvalue weighted by Gasteiger charge is -2.43. The average Bonchev–Trinajstić information content (AvgIpc) is 3.32. The maximum absolute atomic E-state index is 14.2. The molecule has 2 atom stereocenters. The minimum Gasteiger partial charge on any atom is -0.379 e. The number of rotatable bonds is 6. The highest BCUT2D eigenvalue weighted by Crippen LogP contribution is 2.42. The standard InChI is InChI=1S/C25H31FN2O2/c1-20(19-27-15-17-30-18-16-27)25(21-7-3-2-4-8-21,22-9-11-23(26)12-10-22)24(29)28-13-5-6-14-28/h2-4,7-12,20H,5-6,13-19H2,1H3. The molecule has 2 fully saturated rings. The number of benzene rings is 2. The van der Waals surface area contributed by atoms with Crippen molar-refractivity contribution in [2.45, 2.75) is 25.2 Å². The normalized spacial score (nSPS) is 20.7. The molecule has 0 saturated carbocycles. The second-order valence-electron chi connectivity index (χ2n) is 8.49. The number of amides is 1. The maximum Gasteiger partial charge on any atom is 0.238 e. The maximum atomic E-state index is 14.2. The monoisotopic (exact) mass is 410 g/mol. The second kappa shape index (κ2) is 9.27. The number of halogens is 1. The van der Waals surface area contributed by atoms with Gasteiger partial charge in [0.2, 0.25) is 5.91 Å². The lowest BCUT2D eigenvalue weighted by molar-refractivity contribution is -0.137. The summed E-state index contributed by atoms with van der Waals surface area (Å²) in [7, 11) is 0. The zero-order valence-electron chi connectivity index (χ0n) is 17.7. The molecule has 0 aliphatic carbocycles. The van der Waals surface area contributed by atoms with Crippen LogP contribution in [0.15, 0.2) is 54.6 Å². The SMILES string of the molecule is CC(CN1CCOCC1)C(C(=O)N1CCCC1)(c1ccccc1)c1ccc(F)cc1. The number of nitrogens with zero attached hydrogens (tertiary/aromatic N) is 2. The van der Waals surface area contributed by atoms with Gasteiger partial charge in [0.15, 0.2) is 0 Å². The number of morpholine rings is 1. The molecule has 0 N–H and O–H groups in total. The van der Waals surface area contributed by atoms with Gasteiger partial charge >= 0.3 is 0 Å². The number of ether oxygens (including phenoxy) is 1. The fourth-order valence-electron chi connectivity index (χ4n) is 5.08. The largest absolute Gasteiger partial charge is 0.379 e. The van der Waals surface area contributed by atoms with E-state index in [1.165, 1.54) is 12.1 Å². The summed E-state index contributed by atoms with van der Waals surface area (Å²) in [5.41, 5.74) is 1.000. The van der Waals surface area contributed by atoms with E-state index in [1.54, 1.807) is 12.1 Å². The van der Waals surface area contributed by atoms with Gasteiger partial charge in [0, 0.05) is 32.7 Å². The number of carbonyl (C=O) groups excluding carboxylic acids is 1. The van der Waals surface area contributed by atoms with E-state index in [1.807, 2.05) is 35.2 Å². The van der Waals surface area contributed by atoms with Crippen LogP contribution in [0.4, 0.5) is 4.39 Å². The highest BCUT2D eigenvalue weighted by atomic mass is 19.1. The van der Waals surface area contributed by atoms with Crippen LogP contribution in [0.5, 0.6) is 0 Å². The van der Waals surface area contributed by atoms with Gasteiger partial charge in [0.25, 0.3) is 0 Å². The van der Waals surface area contributed by atoms with Gasteiger partial charge in [0.05, 0.1) is 13.2 Å². The van der Waals surface area contributed by atoms with Crippen molar-refractivity contribution in [1.82, 2.24) is 9.80 Å². The Kier molecular flexibility index (Phi) is 6.49. The summed E-state index contributed by atoms with van der Waals surface area (Å²) in [5, 5.41) is 0. The summed E-state index contributed by atoms with van der Waals surface area (Å²) in [6.45, 7) is 7.73. The van der Waals surface area contributed by atoms with Crippen molar-refractivity contribution in [2.75, 3.05) is 45.9 Å². The van der Waals surface area contributed by atoms with E-state index < -0.39 is 5.41 Å². The Morgan fingerprint density at radius 3 is 2.20 bits per heavy atom. The Hall–Kier alpha value is -2.24. The topological polar surface area (TPSA) is 32.8 Å². The van der Waals surface area contributed by atoms with Crippen LogP contribution in [0.2, 0.25) is 0 Å². The third-order valence-corrected chi connectivity index (χ3v) is 6.63. The van der Waals surface area contributed by atoms with Crippen molar-refractivity contribution in [3.05, 3.63) is 71.5 Å². The molecule has 2 aromatic carbocycles. The Bertz CT molecular complexity index is 830. The van der Waals surface area contributed by atoms with Crippen molar-refractivity contribution in [2.24, 2.45) is 5.92 Å². The molecule has 0 bridgehead atoms. The quantitative estimate of drug-likeness (QED) is 0.728. The highest BCUT2D eigenvalue weighted by Gasteiger charge is 2.49. The molecule has 2 aliphatic rings. The van der Waals surface area contributed by atoms with Gasteiger partial charge in [-0.2, -0.15) is 0 Å². The van der Waals surface area contributed by atoms with Gasteiger partial charge in [-0.1, -0.05) is 49.4 Å². The first-order chi connectivity index (χ1) is 14.6. The summed E-state index contributed by atoms with van der Waals surface area (Å²) in [6.07, 6.45) is 2.08. The van der Waals surface area contributed by atoms with Gasteiger partial charge in [-0.05, 0) is 42.0 Å². The summed E-state index contributed by atoms with van der Waals surface area (Å²) in [6, 6.07) is 16.6. The van der Waals surface area contributed by atoms with E-state index in [2.05, 4.69) is 11.8 Å².